The Morgan fingerprint density at radius 2 is 1.57 bits per heavy atom. The Bertz CT molecular complexity index is 1000. The van der Waals surface area contributed by atoms with Crippen LogP contribution in [0.15, 0.2) is 16.8 Å². The van der Waals surface area contributed by atoms with Gasteiger partial charge in [-0.05, 0) is 65.5 Å². The Morgan fingerprint density at radius 1 is 1.00 bits per heavy atom. The predicted molar refractivity (Wildman–Crippen MR) is 123 cm³/mol. The molecule has 0 saturated carbocycles. The van der Waals surface area contributed by atoms with Crippen LogP contribution in [0.5, 0.6) is 0 Å². The monoisotopic (exact) mass is 373 g/mol. The van der Waals surface area contributed by atoms with E-state index in [2.05, 4.69) is 88.0 Å². The molecule has 2 nitrogen and oxygen atoms in total. The minimum Gasteiger partial charge on any atom is -0.348 e. The Labute approximate surface area is 172 Å². The lowest BCUT2D eigenvalue weighted by Gasteiger charge is -2.12. The van der Waals surface area contributed by atoms with Gasteiger partial charge < -0.3 is 4.57 Å². The summed E-state index contributed by atoms with van der Waals surface area (Å²) in [5.74, 6) is 12.8. The van der Waals surface area contributed by atoms with Gasteiger partial charge in [0.2, 0.25) is 0 Å². The number of nitrogens with zero attached hydrogens (tertiary/aromatic N) is 2. The molecule has 1 aliphatic heterocycles. The van der Waals surface area contributed by atoms with Gasteiger partial charge >= 0.3 is 6.85 Å². The average Bonchev–Trinajstić information content (AvgIpc) is 3.03. The van der Waals surface area contributed by atoms with Crippen LogP contribution in [0.3, 0.4) is 0 Å². The third-order valence-corrected chi connectivity index (χ3v) is 6.17. The lowest BCUT2D eigenvalue weighted by atomic mass is 9.62. The largest absolute Gasteiger partial charge is 0.665 e. The van der Waals surface area contributed by atoms with Gasteiger partial charge in [-0.2, -0.15) is 0 Å². The van der Waals surface area contributed by atoms with E-state index in [9.17, 15) is 0 Å². The molecule has 0 aliphatic carbocycles. The Balaban J connectivity index is 2.91. The second-order valence-corrected chi connectivity index (χ2v) is 7.53. The van der Waals surface area contributed by atoms with Crippen molar-refractivity contribution in [1.82, 2.24) is 4.57 Å². The molecule has 146 valence electrons. The van der Waals surface area contributed by atoms with Crippen LogP contribution < -0.4 is 0 Å². The fourth-order valence-corrected chi connectivity index (χ4v) is 4.85. The molecular weight excluding hydrogens is 339 g/mol. The van der Waals surface area contributed by atoms with E-state index in [0.29, 0.717) is 0 Å². The van der Waals surface area contributed by atoms with Crippen LogP contribution in [0.2, 0.25) is 0 Å². The molecule has 0 radical (unpaired) electrons. The van der Waals surface area contributed by atoms with Crippen molar-refractivity contribution in [1.29, 1.82) is 0 Å². The number of allylic oxidation sites excluding steroid dienone is 3. The molecule has 0 atom stereocenters. The van der Waals surface area contributed by atoms with E-state index < -0.39 is 0 Å². The van der Waals surface area contributed by atoms with Crippen molar-refractivity contribution in [3.63, 3.8) is 0 Å². The van der Waals surface area contributed by atoms with Crippen molar-refractivity contribution < 1.29 is 4.49 Å². The van der Waals surface area contributed by atoms with E-state index in [1.807, 2.05) is 13.8 Å². The van der Waals surface area contributed by atoms with E-state index in [0.717, 1.165) is 12.8 Å². The third kappa shape index (κ3) is 3.40. The lowest BCUT2D eigenvalue weighted by Crippen LogP contribution is -2.31. The quantitative estimate of drug-likeness (QED) is 0.502. The molecule has 0 saturated heterocycles. The van der Waals surface area contributed by atoms with E-state index in [-0.39, 0.29) is 6.85 Å². The van der Waals surface area contributed by atoms with Gasteiger partial charge in [-0.15, -0.1) is 11.8 Å². The maximum absolute atomic E-state index is 3.33. The van der Waals surface area contributed by atoms with Gasteiger partial charge in [-0.1, -0.05) is 25.5 Å². The summed E-state index contributed by atoms with van der Waals surface area (Å²) >= 11 is 0. The van der Waals surface area contributed by atoms with E-state index in [1.165, 1.54) is 50.6 Å². The van der Waals surface area contributed by atoms with Gasteiger partial charge in [0.1, 0.15) is 0 Å². The van der Waals surface area contributed by atoms with Crippen molar-refractivity contribution >= 4 is 18.1 Å². The molecule has 0 spiro atoms. The number of aromatic nitrogens is 1. The van der Waals surface area contributed by atoms with E-state index >= 15 is 0 Å². The normalized spacial score (nSPS) is 15.4. The van der Waals surface area contributed by atoms with Gasteiger partial charge in [-0.25, -0.2) is 0 Å². The van der Waals surface area contributed by atoms with Gasteiger partial charge in [0.25, 0.3) is 0 Å². The van der Waals surface area contributed by atoms with Crippen LogP contribution in [0.4, 0.5) is 0 Å². The second kappa shape index (κ2) is 8.75. The summed E-state index contributed by atoms with van der Waals surface area (Å²) < 4.78 is 4.72. The molecular formula is C25H34BN2+. The van der Waals surface area contributed by atoms with Crippen LogP contribution in [0.25, 0.3) is 5.57 Å². The highest BCUT2D eigenvalue weighted by molar-refractivity contribution is 6.69. The highest BCUT2D eigenvalue weighted by Crippen LogP contribution is 2.36. The fraction of sp³-hybridized carbons (Fsp3) is 0.480. The molecule has 1 aromatic heterocycles. The zero-order valence-corrected chi connectivity index (χ0v) is 19.4. The first-order valence-electron chi connectivity index (χ1n) is 10.3. The first-order chi connectivity index (χ1) is 13.3. The predicted octanol–water partition coefficient (Wildman–Crippen LogP) is 5.27. The van der Waals surface area contributed by atoms with Crippen molar-refractivity contribution in [2.45, 2.75) is 75.2 Å². The Kier molecular flexibility index (Phi) is 6.84. The molecule has 0 unspecified atom stereocenters. The SMILES string of the molecule is CC#CB(C#CC)[N+]1=C(C)C(CC)=C(C)/C1=C(\C)c1c(C)c(CC)c(C)n1C. The third-order valence-electron chi connectivity index (χ3n) is 6.17. The molecule has 0 fully saturated rings. The van der Waals surface area contributed by atoms with Gasteiger partial charge in [0.15, 0.2) is 11.4 Å². The van der Waals surface area contributed by atoms with E-state index in [4.69, 9.17) is 0 Å². The minimum absolute atomic E-state index is 0.119. The lowest BCUT2D eigenvalue weighted by molar-refractivity contribution is -0.314. The first-order valence-corrected chi connectivity index (χ1v) is 10.3. The molecule has 3 heteroatoms. The van der Waals surface area contributed by atoms with Crippen LogP contribution in [-0.4, -0.2) is 21.6 Å². The molecule has 1 aliphatic rings. The zero-order valence-electron chi connectivity index (χ0n) is 19.4. The molecule has 0 N–H and O–H groups in total. The molecule has 0 aromatic carbocycles. The summed E-state index contributed by atoms with van der Waals surface area (Å²) in [6, 6.07) is 0. The highest BCUT2D eigenvalue weighted by Gasteiger charge is 2.41. The fourth-order valence-electron chi connectivity index (χ4n) is 4.85. The van der Waals surface area contributed by atoms with E-state index in [1.54, 1.807) is 0 Å². The van der Waals surface area contributed by atoms with Crippen molar-refractivity contribution in [2.75, 3.05) is 0 Å². The van der Waals surface area contributed by atoms with Crippen LogP contribution in [0.1, 0.15) is 77.4 Å². The smallest absolute Gasteiger partial charge is 0.348 e. The first kappa shape index (κ1) is 21.9. The Morgan fingerprint density at radius 3 is 2.00 bits per heavy atom. The molecule has 2 heterocycles. The summed E-state index contributed by atoms with van der Waals surface area (Å²) in [6.45, 7) is 19.4. The van der Waals surface area contributed by atoms with Gasteiger partial charge in [0.05, 0.1) is 5.69 Å². The summed E-state index contributed by atoms with van der Waals surface area (Å²) in [6.07, 6.45) is 2.07. The number of hydrogen-bond donors (Lipinski definition) is 0. The topological polar surface area (TPSA) is 7.94 Å². The zero-order chi connectivity index (χ0) is 21.2. The van der Waals surface area contributed by atoms with Gasteiger partial charge in [0, 0.05) is 36.4 Å². The van der Waals surface area contributed by atoms with Crippen LogP contribution >= 0.6 is 0 Å². The van der Waals surface area contributed by atoms with Crippen LogP contribution in [0, 0.1) is 37.3 Å². The maximum Gasteiger partial charge on any atom is 0.665 e. The highest BCUT2D eigenvalue weighted by atomic mass is 15.0. The molecule has 2 rings (SSSR count). The average molecular weight is 373 g/mol. The molecule has 0 amide bonds. The molecule has 28 heavy (non-hydrogen) atoms. The molecule has 0 bridgehead atoms. The second-order valence-electron chi connectivity index (χ2n) is 7.53. The number of rotatable bonds is 4. The summed E-state index contributed by atoms with van der Waals surface area (Å²) in [5.41, 5.74) is 12.2. The Hall–Kier alpha value is -2.39. The standard InChI is InChI=1S/C25H34BN2/c1-11-15-26(16-12-2)28-21(9)23(14-4)18(6)25(28)19(7)24-17(5)22(13-3)20(8)27(24)10/h13-14H2,1-10H3/q+1. The molecule has 1 aromatic rings. The minimum atomic E-state index is -0.119. The summed E-state index contributed by atoms with van der Waals surface area (Å²) in [7, 11) is 2.19. The van der Waals surface area contributed by atoms with Crippen molar-refractivity contribution in [2.24, 2.45) is 7.05 Å². The van der Waals surface area contributed by atoms with Crippen molar-refractivity contribution in [3.05, 3.63) is 39.4 Å². The van der Waals surface area contributed by atoms with Gasteiger partial charge in [-0.3, -0.25) is 4.49 Å². The van der Waals surface area contributed by atoms with Crippen LogP contribution in [-0.2, 0) is 13.5 Å². The summed E-state index contributed by atoms with van der Waals surface area (Å²) in [4.78, 5) is 0. The van der Waals surface area contributed by atoms with Crippen molar-refractivity contribution in [3.8, 4) is 23.5 Å². The maximum atomic E-state index is 3.33. The summed E-state index contributed by atoms with van der Waals surface area (Å²) in [5, 5.41) is 0. The number of hydrogen-bond acceptors (Lipinski definition) is 0.